The van der Waals surface area contributed by atoms with Crippen molar-refractivity contribution in [3.63, 3.8) is 0 Å². The van der Waals surface area contributed by atoms with Crippen LogP contribution in [0.4, 0.5) is 18.9 Å². The molecule has 3 heterocycles. The van der Waals surface area contributed by atoms with Gasteiger partial charge < -0.3 is 15.2 Å². The van der Waals surface area contributed by atoms with Gasteiger partial charge in [0.25, 0.3) is 0 Å². The van der Waals surface area contributed by atoms with E-state index in [1.165, 1.54) is 23.5 Å². The monoisotopic (exact) mass is 477 g/mol. The molecule has 1 aliphatic heterocycles. The maximum atomic E-state index is 13.0. The third-order valence-corrected chi connectivity index (χ3v) is 8.44. The molecule has 2 fully saturated rings. The normalized spacial score (nSPS) is 25.0. The highest BCUT2D eigenvalue weighted by Crippen LogP contribution is 2.53. The molecule has 1 aromatic carbocycles. The van der Waals surface area contributed by atoms with E-state index < -0.39 is 11.7 Å². The first kappa shape index (κ1) is 22.7. The van der Waals surface area contributed by atoms with E-state index in [9.17, 15) is 13.2 Å². The molecule has 2 aliphatic rings. The van der Waals surface area contributed by atoms with Crippen molar-refractivity contribution in [3.8, 4) is 0 Å². The molecule has 0 spiro atoms. The number of imidazole rings is 1. The Morgan fingerprint density at radius 3 is 2.61 bits per heavy atom. The van der Waals surface area contributed by atoms with Crippen molar-refractivity contribution in [3.05, 3.63) is 47.9 Å². The van der Waals surface area contributed by atoms with Gasteiger partial charge in [0.1, 0.15) is 0 Å². The van der Waals surface area contributed by atoms with Crippen molar-refractivity contribution in [2.24, 2.45) is 23.5 Å². The van der Waals surface area contributed by atoms with Crippen LogP contribution in [-0.4, -0.2) is 53.7 Å². The molecule has 9 heteroatoms. The molecular weight excluding hydrogens is 447 g/mol. The van der Waals surface area contributed by atoms with Crippen molar-refractivity contribution >= 4 is 27.1 Å². The van der Waals surface area contributed by atoms with E-state index in [0.717, 1.165) is 56.8 Å². The van der Waals surface area contributed by atoms with Crippen molar-refractivity contribution in [2.75, 3.05) is 44.2 Å². The number of anilines is 1. The molecule has 1 saturated carbocycles. The summed E-state index contributed by atoms with van der Waals surface area (Å²) < 4.78 is 42.0. The number of hydrogen-bond acceptors (Lipinski definition) is 5. The summed E-state index contributed by atoms with van der Waals surface area (Å²) >= 11 is 1.39. The first-order valence-electron chi connectivity index (χ1n) is 11.6. The van der Waals surface area contributed by atoms with Crippen LogP contribution in [0.1, 0.15) is 24.9 Å². The van der Waals surface area contributed by atoms with Crippen LogP contribution in [-0.2, 0) is 6.18 Å². The van der Waals surface area contributed by atoms with Crippen LogP contribution in [0.2, 0.25) is 0 Å². The van der Waals surface area contributed by atoms with E-state index in [4.69, 9.17) is 5.73 Å². The second-order valence-electron chi connectivity index (χ2n) is 9.24. The number of thiophene rings is 1. The zero-order valence-electron chi connectivity index (χ0n) is 18.7. The third-order valence-electron chi connectivity index (χ3n) is 7.50. The average molecular weight is 478 g/mol. The zero-order chi connectivity index (χ0) is 23.2. The van der Waals surface area contributed by atoms with Crippen LogP contribution < -0.4 is 10.6 Å². The number of halogens is 3. The maximum Gasteiger partial charge on any atom is 0.416 e. The predicted octanol–water partition coefficient (Wildman–Crippen LogP) is 4.71. The standard InChI is InChI=1S/C24H30F3N5S/c1-2-20(32-6-5-29-15-32)23-18(12-28)19(23)13-30-7-9-31(10-8-30)21-14-33-22-11-16(24(25,26)27)3-4-17(21)22/h3-6,11,14-15,18-20,23H,2,7-10,12-13,28H2,1H3/t18-,19-,20?,23?/m1/s1. The summed E-state index contributed by atoms with van der Waals surface area (Å²) in [6.07, 6.45) is 2.58. The molecule has 33 heavy (non-hydrogen) atoms. The molecule has 2 unspecified atom stereocenters. The van der Waals surface area contributed by atoms with E-state index in [1.54, 1.807) is 6.07 Å². The number of aromatic nitrogens is 2. The lowest BCUT2D eigenvalue weighted by atomic mass is 10.1. The van der Waals surface area contributed by atoms with Crippen molar-refractivity contribution in [2.45, 2.75) is 25.6 Å². The largest absolute Gasteiger partial charge is 0.416 e. The Bertz CT molecular complexity index is 1070. The number of hydrogen-bond donors (Lipinski definition) is 1. The minimum Gasteiger partial charge on any atom is -0.368 e. The fraction of sp³-hybridized carbons (Fsp3) is 0.542. The lowest BCUT2D eigenvalue weighted by Crippen LogP contribution is -2.47. The van der Waals surface area contributed by atoms with Crippen LogP contribution in [0.15, 0.2) is 42.3 Å². The van der Waals surface area contributed by atoms with Gasteiger partial charge in [-0.25, -0.2) is 4.98 Å². The molecule has 1 aliphatic carbocycles. The van der Waals surface area contributed by atoms with Gasteiger partial charge >= 0.3 is 6.18 Å². The molecule has 0 amide bonds. The Morgan fingerprint density at radius 2 is 1.97 bits per heavy atom. The first-order valence-corrected chi connectivity index (χ1v) is 12.5. The summed E-state index contributed by atoms with van der Waals surface area (Å²) in [5.74, 6) is 1.76. The minimum atomic E-state index is -4.30. The molecule has 1 saturated heterocycles. The van der Waals surface area contributed by atoms with Crippen LogP contribution >= 0.6 is 11.3 Å². The van der Waals surface area contributed by atoms with E-state index >= 15 is 0 Å². The van der Waals surface area contributed by atoms with Crippen molar-refractivity contribution in [1.82, 2.24) is 14.5 Å². The fourth-order valence-corrected chi connectivity index (χ4v) is 6.70. The minimum absolute atomic E-state index is 0.450. The van der Waals surface area contributed by atoms with Gasteiger partial charge in [-0.05, 0) is 42.9 Å². The van der Waals surface area contributed by atoms with E-state index in [0.29, 0.717) is 28.5 Å². The van der Waals surface area contributed by atoms with Crippen LogP contribution in [0, 0.1) is 17.8 Å². The summed E-state index contributed by atoms with van der Waals surface area (Å²) in [5, 5.41) is 2.91. The van der Waals surface area contributed by atoms with Gasteiger partial charge in [0.2, 0.25) is 0 Å². The third kappa shape index (κ3) is 4.38. The van der Waals surface area contributed by atoms with Gasteiger partial charge in [0.15, 0.2) is 0 Å². The Morgan fingerprint density at radius 1 is 1.18 bits per heavy atom. The quantitative estimate of drug-likeness (QED) is 0.536. The fourth-order valence-electron chi connectivity index (χ4n) is 5.69. The van der Waals surface area contributed by atoms with Gasteiger partial charge in [-0.3, -0.25) is 4.90 Å². The van der Waals surface area contributed by atoms with Gasteiger partial charge in [-0.15, -0.1) is 11.3 Å². The predicted molar refractivity (Wildman–Crippen MR) is 127 cm³/mol. The molecule has 2 N–H and O–H groups in total. The van der Waals surface area contributed by atoms with Crippen LogP contribution in [0.3, 0.4) is 0 Å². The highest BCUT2D eigenvalue weighted by atomic mass is 32.1. The van der Waals surface area contributed by atoms with E-state index in [-0.39, 0.29) is 0 Å². The topological polar surface area (TPSA) is 50.3 Å². The van der Waals surface area contributed by atoms with Crippen LogP contribution in [0.25, 0.3) is 10.1 Å². The Hall–Kier alpha value is -2.10. The second kappa shape index (κ2) is 8.92. The smallest absolute Gasteiger partial charge is 0.368 e. The molecule has 178 valence electrons. The highest BCUT2D eigenvalue weighted by Gasteiger charge is 2.53. The number of rotatable bonds is 7. The van der Waals surface area contributed by atoms with Gasteiger partial charge in [-0.2, -0.15) is 13.2 Å². The van der Waals surface area contributed by atoms with Gasteiger partial charge in [0.05, 0.1) is 17.6 Å². The molecule has 5 nitrogen and oxygen atoms in total. The SMILES string of the molecule is CCC(C1[C@H](CN)[C@H]1CN1CCN(c2csc3cc(C(F)(F)F)ccc23)CC1)n1ccnc1. The van der Waals surface area contributed by atoms with E-state index in [2.05, 4.69) is 32.5 Å². The summed E-state index contributed by atoms with van der Waals surface area (Å²) in [5.41, 5.74) is 6.59. The van der Waals surface area contributed by atoms with Gasteiger partial charge in [0, 0.05) is 66.6 Å². The zero-order valence-corrected chi connectivity index (χ0v) is 19.5. The Labute approximate surface area is 196 Å². The molecule has 5 rings (SSSR count). The summed E-state index contributed by atoms with van der Waals surface area (Å²) in [6.45, 7) is 7.70. The lowest BCUT2D eigenvalue weighted by molar-refractivity contribution is -0.137. The van der Waals surface area contributed by atoms with Gasteiger partial charge in [-0.1, -0.05) is 13.0 Å². The Balaban J connectivity index is 1.21. The number of alkyl halides is 3. The Kier molecular flexibility index (Phi) is 6.13. The first-order chi connectivity index (χ1) is 15.9. The molecule has 2 aromatic heterocycles. The molecular formula is C24H30F3N5S. The second-order valence-corrected chi connectivity index (χ2v) is 10.2. The van der Waals surface area contributed by atoms with E-state index in [1.807, 2.05) is 17.9 Å². The average Bonchev–Trinajstić information content (AvgIpc) is 3.15. The number of nitrogens with zero attached hydrogens (tertiary/aromatic N) is 4. The number of piperazine rings is 1. The number of nitrogens with two attached hydrogens (primary N) is 1. The van der Waals surface area contributed by atoms with Crippen molar-refractivity contribution < 1.29 is 13.2 Å². The summed E-state index contributed by atoms with van der Waals surface area (Å²) in [7, 11) is 0. The lowest BCUT2D eigenvalue weighted by Gasteiger charge is -2.36. The maximum absolute atomic E-state index is 13.0. The molecule has 4 atom stereocenters. The van der Waals surface area contributed by atoms with Crippen LogP contribution in [0.5, 0.6) is 0 Å². The van der Waals surface area contributed by atoms with Crippen molar-refractivity contribution in [1.29, 1.82) is 0 Å². The molecule has 0 bridgehead atoms. The molecule has 3 aromatic rings. The molecule has 0 radical (unpaired) electrons. The highest BCUT2D eigenvalue weighted by molar-refractivity contribution is 7.17. The number of benzene rings is 1. The number of fused-ring (bicyclic) bond motifs is 1. The summed E-state index contributed by atoms with van der Waals surface area (Å²) in [4.78, 5) is 9.07. The summed E-state index contributed by atoms with van der Waals surface area (Å²) in [6, 6.07) is 4.54.